The molecule has 7 heteroatoms. The van der Waals surface area contributed by atoms with Crippen LogP contribution in [0, 0.1) is 25.2 Å². The molecule has 2 aromatic rings. The lowest BCUT2D eigenvalue weighted by Gasteiger charge is -2.16. The molecule has 24 heavy (non-hydrogen) atoms. The number of nitrogens with zero attached hydrogens (tertiary/aromatic N) is 2. The van der Waals surface area contributed by atoms with Crippen molar-refractivity contribution < 1.29 is 14.1 Å². The molecule has 1 atom stereocenters. The molecule has 0 saturated heterocycles. The van der Waals surface area contributed by atoms with Gasteiger partial charge in [-0.15, -0.1) is 0 Å². The quantitative estimate of drug-likeness (QED) is 0.875. The summed E-state index contributed by atoms with van der Waals surface area (Å²) >= 11 is 0. The van der Waals surface area contributed by atoms with Crippen molar-refractivity contribution in [2.45, 2.75) is 33.7 Å². The van der Waals surface area contributed by atoms with Gasteiger partial charge in [-0.2, -0.15) is 5.26 Å². The first-order valence-electron chi connectivity index (χ1n) is 7.63. The molecule has 0 aliphatic heterocycles. The van der Waals surface area contributed by atoms with Crippen LogP contribution in [0.5, 0.6) is 5.75 Å². The molecule has 0 fully saturated rings. The summed E-state index contributed by atoms with van der Waals surface area (Å²) in [6.07, 6.45) is 0. The van der Waals surface area contributed by atoms with Crippen molar-refractivity contribution in [1.29, 1.82) is 5.26 Å². The number of carbonyl (C=O) groups is 1. The van der Waals surface area contributed by atoms with Crippen molar-refractivity contribution in [3.05, 3.63) is 40.8 Å². The summed E-state index contributed by atoms with van der Waals surface area (Å²) in [5, 5.41) is 18.5. The number of rotatable bonds is 5. The van der Waals surface area contributed by atoms with Gasteiger partial charge in [0.25, 0.3) is 0 Å². The molecule has 2 rings (SSSR count). The zero-order chi connectivity index (χ0) is 17.7. The topological polar surface area (TPSA) is 100 Å². The van der Waals surface area contributed by atoms with Gasteiger partial charge in [0, 0.05) is 5.56 Å². The van der Waals surface area contributed by atoms with Gasteiger partial charge in [-0.1, -0.05) is 5.16 Å². The largest absolute Gasteiger partial charge is 0.492 e. The van der Waals surface area contributed by atoms with Crippen LogP contribution in [-0.2, 0) is 0 Å². The van der Waals surface area contributed by atoms with E-state index in [2.05, 4.69) is 15.8 Å². The average molecular weight is 328 g/mol. The second-order valence-corrected chi connectivity index (χ2v) is 5.31. The van der Waals surface area contributed by atoms with Gasteiger partial charge < -0.3 is 19.9 Å². The number of anilines is 1. The lowest BCUT2D eigenvalue weighted by Crippen LogP contribution is -2.31. The fourth-order valence-corrected chi connectivity index (χ4v) is 2.51. The number of aromatic nitrogens is 1. The number of carbonyl (C=O) groups excluding carboxylic acids is 1. The van der Waals surface area contributed by atoms with Crippen LogP contribution < -0.4 is 15.4 Å². The summed E-state index contributed by atoms with van der Waals surface area (Å²) in [5.74, 6) is 1.18. The highest BCUT2D eigenvalue weighted by atomic mass is 16.5. The highest BCUT2D eigenvalue weighted by Crippen LogP contribution is 2.26. The Morgan fingerprint density at radius 1 is 1.46 bits per heavy atom. The maximum atomic E-state index is 12.3. The second kappa shape index (κ2) is 7.51. The van der Waals surface area contributed by atoms with E-state index in [9.17, 15) is 4.79 Å². The van der Waals surface area contributed by atoms with E-state index >= 15 is 0 Å². The van der Waals surface area contributed by atoms with Crippen LogP contribution in [0.25, 0.3) is 0 Å². The van der Waals surface area contributed by atoms with Crippen LogP contribution in [0.4, 0.5) is 10.5 Å². The lowest BCUT2D eigenvalue weighted by molar-refractivity contribution is 0.249. The smallest absolute Gasteiger partial charge is 0.319 e. The SMILES string of the molecule is CCOc1ccc(C#N)cc1NC(=O)N[C@H](C)c1c(C)noc1C. The minimum Gasteiger partial charge on any atom is -0.492 e. The zero-order valence-corrected chi connectivity index (χ0v) is 14.1. The van der Waals surface area contributed by atoms with Gasteiger partial charge >= 0.3 is 6.03 Å². The zero-order valence-electron chi connectivity index (χ0n) is 14.1. The molecule has 126 valence electrons. The number of nitrogens with one attached hydrogen (secondary N) is 2. The third-order valence-electron chi connectivity index (χ3n) is 3.53. The third kappa shape index (κ3) is 3.84. The molecule has 0 aliphatic carbocycles. The van der Waals surface area contributed by atoms with Crippen LogP contribution >= 0.6 is 0 Å². The van der Waals surface area contributed by atoms with Gasteiger partial charge in [0.15, 0.2) is 0 Å². The monoisotopic (exact) mass is 328 g/mol. The number of urea groups is 1. The summed E-state index contributed by atoms with van der Waals surface area (Å²) in [5.41, 5.74) is 2.47. The van der Waals surface area contributed by atoms with E-state index in [1.54, 1.807) is 25.1 Å². The van der Waals surface area contributed by atoms with Gasteiger partial charge in [0.1, 0.15) is 11.5 Å². The first-order chi connectivity index (χ1) is 11.5. The summed E-state index contributed by atoms with van der Waals surface area (Å²) in [4.78, 5) is 12.3. The fourth-order valence-electron chi connectivity index (χ4n) is 2.51. The fraction of sp³-hybridized carbons (Fsp3) is 0.353. The molecule has 0 aliphatic rings. The van der Waals surface area contributed by atoms with E-state index in [0.717, 1.165) is 11.3 Å². The number of amides is 2. The first kappa shape index (κ1) is 17.3. The van der Waals surface area contributed by atoms with Gasteiger partial charge in [0.2, 0.25) is 0 Å². The van der Waals surface area contributed by atoms with Crippen molar-refractivity contribution in [1.82, 2.24) is 10.5 Å². The van der Waals surface area contributed by atoms with E-state index in [0.29, 0.717) is 29.4 Å². The van der Waals surface area contributed by atoms with Crippen molar-refractivity contribution in [3.63, 3.8) is 0 Å². The number of aryl methyl sites for hydroxylation is 2. The Morgan fingerprint density at radius 2 is 2.21 bits per heavy atom. The number of ether oxygens (including phenoxy) is 1. The summed E-state index contributed by atoms with van der Waals surface area (Å²) in [7, 11) is 0. The van der Waals surface area contributed by atoms with E-state index in [1.807, 2.05) is 26.8 Å². The van der Waals surface area contributed by atoms with Crippen molar-refractivity contribution in [3.8, 4) is 11.8 Å². The number of nitriles is 1. The van der Waals surface area contributed by atoms with Crippen molar-refractivity contribution in [2.75, 3.05) is 11.9 Å². The molecular weight excluding hydrogens is 308 g/mol. The Labute approximate surface area is 140 Å². The molecule has 1 aromatic heterocycles. The van der Waals surface area contributed by atoms with Crippen LogP contribution in [0.1, 0.15) is 42.5 Å². The molecule has 1 heterocycles. The first-order valence-corrected chi connectivity index (χ1v) is 7.63. The van der Waals surface area contributed by atoms with Gasteiger partial charge in [0.05, 0.1) is 35.7 Å². The predicted octanol–water partition coefficient (Wildman–Crippen LogP) is 3.44. The summed E-state index contributed by atoms with van der Waals surface area (Å²) in [6.45, 7) is 7.78. The summed E-state index contributed by atoms with van der Waals surface area (Å²) in [6, 6.07) is 6.24. The Balaban J connectivity index is 2.13. The number of benzene rings is 1. The molecule has 0 bridgehead atoms. The average Bonchev–Trinajstić information content (AvgIpc) is 2.88. The standard InChI is InChI=1S/C17H20N4O3/c1-5-23-15-7-6-13(9-18)8-14(15)20-17(22)19-10(2)16-11(3)21-24-12(16)4/h6-8,10H,5H2,1-4H3,(H2,19,20,22)/t10-/m1/s1. The van der Waals surface area contributed by atoms with E-state index < -0.39 is 6.03 Å². The van der Waals surface area contributed by atoms with E-state index in [4.69, 9.17) is 14.5 Å². The maximum Gasteiger partial charge on any atom is 0.319 e. The molecule has 0 unspecified atom stereocenters. The molecule has 0 spiro atoms. The Bertz CT molecular complexity index is 757. The van der Waals surface area contributed by atoms with Gasteiger partial charge in [-0.25, -0.2) is 4.79 Å². The van der Waals surface area contributed by atoms with E-state index in [-0.39, 0.29) is 6.04 Å². The minimum atomic E-state index is -0.404. The number of hydrogen-bond acceptors (Lipinski definition) is 5. The molecule has 7 nitrogen and oxygen atoms in total. The molecular formula is C17H20N4O3. The highest BCUT2D eigenvalue weighted by Gasteiger charge is 2.19. The van der Waals surface area contributed by atoms with Crippen LogP contribution in [0.3, 0.4) is 0 Å². The van der Waals surface area contributed by atoms with Crippen molar-refractivity contribution in [2.24, 2.45) is 0 Å². The van der Waals surface area contributed by atoms with Gasteiger partial charge in [-0.3, -0.25) is 0 Å². The molecule has 1 aromatic carbocycles. The third-order valence-corrected chi connectivity index (χ3v) is 3.53. The molecule has 0 saturated carbocycles. The second-order valence-electron chi connectivity index (χ2n) is 5.31. The normalized spacial score (nSPS) is 11.5. The molecule has 2 amide bonds. The predicted molar refractivity (Wildman–Crippen MR) is 88.9 cm³/mol. The van der Waals surface area contributed by atoms with Crippen molar-refractivity contribution >= 4 is 11.7 Å². The molecule has 2 N–H and O–H groups in total. The number of hydrogen-bond donors (Lipinski definition) is 2. The Kier molecular flexibility index (Phi) is 5.42. The van der Waals surface area contributed by atoms with Gasteiger partial charge in [-0.05, 0) is 45.9 Å². The Morgan fingerprint density at radius 3 is 2.79 bits per heavy atom. The Hall–Kier alpha value is -3.01. The maximum absolute atomic E-state index is 12.3. The highest BCUT2D eigenvalue weighted by molar-refractivity contribution is 5.91. The minimum absolute atomic E-state index is 0.272. The van der Waals surface area contributed by atoms with Crippen LogP contribution in [0.2, 0.25) is 0 Å². The van der Waals surface area contributed by atoms with E-state index in [1.165, 1.54) is 0 Å². The van der Waals surface area contributed by atoms with Crippen LogP contribution in [0.15, 0.2) is 22.7 Å². The lowest BCUT2D eigenvalue weighted by atomic mass is 10.1. The van der Waals surface area contributed by atoms with Crippen LogP contribution in [-0.4, -0.2) is 17.8 Å². The molecule has 0 radical (unpaired) electrons. The summed E-state index contributed by atoms with van der Waals surface area (Å²) < 4.78 is 10.6.